The molecular weight excluding hydrogens is 484 g/mol. The van der Waals surface area contributed by atoms with Crippen LogP contribution in [0.3, 0.4) is 0 Å². The molecule has 3 saturated heterocycles. The molecule has 0 aliphatic carbocycles. The second kappa shape index (κ2) is 9.83. The van der Waals surface area contributed by atoms with Crippen molar-refractivity contribution in [1.29, 1.82) is 0 Å². The highest BCUT2D eigenvalue weighted by Gasteiger charge is 2.76. The van der Waals surface area contributed by atoms with E-state index < -0.39 is 22.6 Å². The summed E-state index contributed by atoms with van der Waals surface area (Å²) in [7, 11) is 0. The minimum absolute atomic E-state index is 0.0372. The van der Waals surface area contributed by atoms with Crippen molar-refractivity contribution in [3.8, 4) is 0 Å². The minimum atomic E-state index is -0.655. The van der Waals surface area contributed by atoms with Crippen LogP contribution in [-0.2, 0) is 19.1 Å². The molecule has 3 fully saturated rings. The number of ether oxygens (including phenoxy) is 1. The van der Waals surface area contributed by atoms with Gasteiger partial charge in [-0.3, -0.25) is 14.4 Å². The number of aliphatic hydroxyl groups is 1. The first-order chi connectivity index (χ1) is 14.7. The number of nitrogens with zero attached hydrogens (tertiary/aromatic N) is 2. The summed E-state index contributed by atoms with van der Waals surface area (Å²) in [5.41, 5.74) is 0. The molecule has 2 bridgehead atoms. The Morgan fingerprint density at radius 3 is 2.74 bits per heavy atom. The van der Waals surface area contributed by atoms with Gasteiger partial charge in [-0.2, -0.15) is 0 Å². The van der Waals surface area contributed by atoms with E-state index in [-0.39, 0.29) is 47.1 Å². The summed E-state index contributed by atoms with van der Waals surface area (Å²) in [4.78, 5) is 43.9. The van der Waals surface area contributed by atoms with Gasteiger partial charge in [-0.1, -0.05) is 22.0 Å². The second-order valence-corrected chi connectivity index (χ2v) is 11.5. The van der Waals surface area contributed by atoms with E-state index in [0.717, 1.165) is 0 Å². The van der Waals surface area contributed by atoms with Gasteiger partial charge in [0.15, 0.2) is 0 Å². The van der Waals surface area contributed by atoms with Crippen LogP contribution < -0.4 is 0 Å². The van der Waals surface area contributed by atoms with Crippen molar-refractivity contribution in [3.63, 3.8) is 0 Å². The number of carbonyl (C=O) groups is 3. The largest absolute Gasteiger partial charge is 0.466 e. The summed E-state index contributed by atoms with van der Waals surface area (Å²) in [6.07, 6.45) is 3.52. The molecule has 0 radical (unpaired) electrons. The third kappa shape index (κ3) is 4.06. The average Bonchev–Trinajstić information content (AvgIpc) is 3.30. The van der Waals surface area contributed by atoms with E-state index in [2.05, 4.69) is 22.5 Å². The maximum atomic E-state index is 13.9. The predicted molar refractivity (Wildman–Crippen MR) is 124 cm³/mol. The molecule has 1 spiro atoms. The number of hydrogen-bond acceptors (Lipinski definition) is 6. The first-order valence-corrected chi connectivity index (χ1v) is 12.9. The van der Waals surface area contributed by atoms with Crippen LogP contribution in [0.15, 0.2) is 12.7 Å². The number of halogens is 1. The molecule has 3 rings (SSSR count). The normalized spacial score (nSPS) is 33.7. The van der Waals surface area contributed by atoms with Crippen LogP contribution in [0.4, 0.5) is 0 Å². The molecule has 9 heteroatoms. The molecular formula is C22H33BrN2O5S. The summed E-state index contributed by atoms with van der Waals surface area (Å²) in [6.45, 7) is 10.6. The summed E-state index contributed by atoms with van der Waals surface area (Å²) in [6, 6.07) is -0.680. The highest BCUT2D eigenvalue weighted by molar-refractivity contribution is 9.09. The highest BCUT2D eigenvalue weighted by atomic mass is 79.9. The van der Waals surface area contributed by atoms with Gasteiger partial charge in [0.05, 0.1) is 23.2 Å². The van der Waals surface area contributed by atoms with Gasteiger partial charge in [0.1, 0.15) is 6.04 Å². The third-order valence-corrected chi connectivity index (χ3v) is 9.84. The number of unbranched alkanes of at least 4 members (excludes halogenated alkanes) is 1. The molecule has 31 heavy (non-hydrogen) atoms. The molecule has 3 aliphatic rings. The van der Waals surface area contributed by atoms with Crippen molar-refractivity contribution in [2.24, 2.45) is 11.8 Å². The van der Waals surface area contributed by atoms with Gasteiger partial charge in [-0.05, 0) is 40.0 Å². The van der Waals surface area contributed by atoms with Crippen LogP contribution in [-0.4, -0.2) is 85.9 Å². The molecule has 3 unspecified atom stereocenters. The van der Waals surface area contributed by atoms with Crippen LogP contribution >= 0.6 is 27.7 Å². The number of hydrogen-bond donors (Lipinski definition) is 1. The maximum absolute atomic E-state index is 13.9. The molecule has 174 valence electrons. The van der Waals surface area contributed by atoms with Gasteiger partial charge in [-0.15, -0.1) is 18.3 Å². The lowest BCUT2D eigenvalue weighted by atomic mass is 9.71. The van der Waals surface area contributed by atoms with Crippen LogP contribution in [0.25, 0.3) is 0 Å². The van der Waals surface area contributed by atoms with Crippen molar-refractivity contribution in [2.45, 2.75) is 66.9 Å². The van der Waals surface area contributed by atoms with Gasteiger partial charge >= 0.3 is 5.97 Å². The van der Waals surface area contributed by atoms with Crippen LogP contribution in [0.5, 0.6) is 0 Å². The SMILES string of the molecule is C=CCN(C(=O)C1N(CCCCO)C(=O)[C@@H]2[C@H](C(=O)OCC)[C@H]3SC12CC3Br)C(C)C. The number of alkyl halides is 1. The fourth-order valence-corrected chi connectivity index (χ4v) is 9.00. The second-order valence-electron chi connectivity index (χ2n) is 8.75. The molecule has 2 amide bonds. The van der Waals surface area contributed by atoms with Gasteiger partial charge < -0.3 is 19.6 Å². The Morgan fingerprint density at radius 2 is 2.16 bits per heavy atom. The maximum Gasteiger partial charge on any atom is 0.310 e. The van der Waals surface area contributed by atoms with Crippen molar-refractivity contribution >= 4 is 45.5 Å². The summed E-state index contributed by atoms with van der Waals surface area (Å²) < 4.78 is 4.69. The third-order valence-electron chi connectivity index (χ3n) is 6.62. The Hall–Kier alpha value is -1.06. The molecule has 1 N–H and O–H groups in total. The molecule has 6 atom stereocenters. The number of carbonyl (C=O) groups excluding carboxylic acids is 3. The predicted octanol–water partition coefficient (Wildman–Crippen LogP) is 2.21. The topological polar surface area (TPSA) is 87.2 Å². The number of amides is 2. The lowest BCUT2D eigenvalue weighted by molar-refractivity contribution is -0.153. The number of aliphatic hydroxyl groups excluding tert-OH is 1. The molecule has 3 heterocycles. The standard InChI is InChI=1S/C22H33BrN2O5S/c1-5-9-24(13(3)4)20(28)18-22-12-14(23)17(31-22)15(21(29)30-6-2)16(22)19(27)25(18)10-7-8-11-26/h5,13-18,26H,1,6-12H2,2-4H3/t14?,15-,16-,17-,18?,22?/m0/s1. The number of thioether (sulfide) groups is 1. The Kier molecular flexibility index (Phi) is 7.79. The quantitative estimate of drug-likeness (QED) is 0.207. The zero-order valence-electron chi connectivity index (χ0n) is 18.5. The lowest BCUT2D eigenvalue weighted by Crippen LogP contribution is -2.56. The smallest absolute Gasteiger partial charge is 0.310 e. The van der Waals surface area contributed by atoms with Gasteiger partial charge in [0.25, 0.3) is 0 Å². The van der Waals surface area contributed by atoms with E-state index in [1.165, 1.54) is 0 Å². The fraction of sp³-hybridized carbons (Fsp3) is 0.773. The molecule has 0 aromatic carbocycles. The molecule has 3 aliphatic heterocycles. The van der Waals surface area contributed by atoms with Gasteiger partial charge in [-0.25, -0.2) is 0 Å². The number of esters is 1. The van der Waals surface area contributed by atoms with Crippen LogP contribution in [0, 0.1) is 11.8 Å². The van der Waals surface area contributed by atoms with Crippen molar-refractivity contribution < 1.29 is 24.2 Å². The van der Waals surface area contributed by atoms with E-state index in [1.54, 1.807) is 34.6 Å². The highest BCUT2D eigenvalue weighted by Crippen LogP contribution is 2.68. The zero-order valence-corrected chi connectivity index (χ0v) is 20.9. The van der Waals surface area contributed by atoms with E-state index in [0.29, 0.717) is 32.4 Å². The first-order valence-electron chi connectivity index (χ1n) is 11.1. The average molecular weight is 517 g/mol. The van der Waals surface area contributed by atoms with E-state index in [4.69, 9.17) is 4.74 Å². The minimum Gasteiger partial charge on any atom is -0.466 e. The Balaban J connectivity index is 2.04. The van der Waals surface area contributed by atoms with Gasteiger partial charge in [0, 0.05) is 35.8 Å². The van der Waals surface area contributed by atoms with E-state index >= 15 is 0 Å². The number of likely N-dealkylation sites (tertiary alicyclic amines) is 1. The van der Waals surface area contributed by atoms with Crippen LogP contribution in [0.1, 0.15) is 40.0 Å². The van der Waals surface area contributed by atoms with Crippen molar-refractivity contribution in [3.05, 3.63) is 12.7 Å². The molecule has 0 aromatic heterocycles. The summed E-state index contributed by atoms with van der Waals surface area (Å²) in [5.74, 6) is -1.69. The number of rotatable bonds is 10. The lowest BCUT2D eigenvalue weighted by Gasteiger charge is -2.39. The monoisotopic (exact) mass is 516 g/mol. The molecule has 0 aromatic rings. The zero-order chi connectivity index (χ0) is 22.9. The van der Waals surface area contributed by atoms with Crippen molar-refractivity contribution in [1.82, 2.24) is 9.80 Å². The Morgan fingerprint density at radius 1 is 1.45 bits per heavy atom. The number of fused-ring (bicyclic) bond motifs is 1. The van der Waals surface area contributed by atoms with E-state index in [1.807, 2.05) is 13.8 Å². The first kappa shape index (κ1) is 24.6. The molecule has 0 saturated carbocycles. The fourth-order valence-electron chi connectivity index (χ4n) is 5.40. The molecule has 7 nitrogen and oxygen atoms in total. The van der Waals surface area contributed by atoms with Gasteiger partial charge in [0.2, 0.25) is 11.8 Å². The summed E-state index contributed by atoms with van der Waals surface area (Å²) >= 11 is 5.35. The summed E-state index contributed by atoms with van der Waals surface area (Å²) in [5, 5.41) is 9.14. The van der Waals surface area contributed by atoms with Crippen LogP contribution in [0.2, 0.25) is 0 Å². The van der Waals surface area contributed by atoms with Crippen molar-refractivity contribution in [2.75, 3.05) is 26.3 Å². The Bertz CT molecular complexity index is 735. The van der Waals surface area contributed by atoms with E-state index in [9.17, 15) is 19.5 Å². The Labute approximate surface area is 197 Å².